The van der Waals surface area contributed by atoms with Crippen LogP contribution in [-0.4, -0.2) is 27.8 Å². The van der Waals surface area contributed by atoms with Gasteiger partial charge in [0.15, 0.2) is 5.78 Å². The smallest absolute Gasteiger partial charge is 0.227 e. The molecule has 2 heterocycles. The van der Waals surface area contributed by atoms with Gasteiger partial charge in [0.25, 0.3) is 0 Å². The van der Waals surface area contributed by atoms with E-state index in [-0.39, 0.29) is 24.2 Å². The third-order valence-electron chi connectivity index (χ3n) is 6.83. The molecule has 0 radical (unpaired) electrons. The molecule has 176 valence electrons. The molecule has 1 unspecified atom stereocenters. The van der Waals surface area contributed by atoms with E-state index >= 15 is 0 Å². The van der Waals surface area contributed by atoms with E-state index < -0.39 is 5.41 Å². The molecule has 1 fully saturated rings. The number of nitrogens with zero attached hydrogens (tertiary/aromatic N) is 2. The van der Waals surface area contributed by atoms with Crippen molar-refractivity contribution in [3.8, 4) is 11.4 Å². The van der Waals surface area contributed by atoms with E-state index in [2.05, 4.69) is 40.8 Å². The fourth-order valence-electron chi connectivity index (χ4n) is 4.66. The second kappa shape index (κ2) is 9.09. The normalized spacial score (nSPS) is 17.9. The number of hydrogen-bond donors (Lipinski definition) is 1. The van der Waals surface area contributed by atoms with Gasteiger partial charge in [-0.2, -0.15) is 0 Å². The number of nitrogens with one attached hydrogen (secondary N) is 1. The Morgan fingerprint density at radius 3 is 2.65 bits per heavy atom. The molecule has 0 bridgehead atoms. The number of hydrogen-bond acceptors (Lipinski definition) is 4. The van der Waals surface area contributed by atoms with E-state index in [4.69, 9.17) is 4.74 Å². The van der Waals surface area contributed by atoms with Crippen molar-refractivity contribution in [2.24, 2.45) is 11.3 Å². The van der Waals surface area contributed by atoms with Gasteiger partial charge in [-0.1, -0.05) is 32.0 Å². The van der Waals surface area contributed by atoms with Crippen molar-refractivity contribution >= 4 is 11.7 Å². The van der Waals surface area contributed by atoms with E-state index in [1.807, 2.05) is 30.5 Å². The molecule has 34 heavy (non-hydrogen) atoms. The summed E-state index contributed by atoms with van der Waals surface area (Å²) < 4.78 is 7.78. The minimum atomic E-state index is -0.611. The molecule has 1 saturated carbocycles. The Bertz CT molecular complexity index is 1190. The predicted octanol–water partition coefficient (Wildman–Crippen LogP) is 5.06. The molecule has 1 N–H and O–H groups in total. The van der Waals surface area contributed by atoms with Gasteiger partial charge in [-0.15, -0.1) is 0 Å². The maximum absolute atomic E-state index is 13.4. The average molecular weight is 458 g/mol. The highest BCUT2D eigenvalue weighted by Gasteiger charge is 2.51. The Morgan fingerprint density at radius 1 is 1.15 bits per heavy atom. The summed E-state index contributed by atoms with van der Waals surface area (Å²) in [5.74, 6) is 2.00. The second-order valence-electron chi connectivity index (χ2n) is 9.96. The van der Waals surface area contributed by atoms with E-state index in [0.29, 0.717) is 18.1 Å². The summed E-state index contributed by atoms with van der Waals surface area (Å²) in [4.78, 5) is 30.9. The van der Waals surface area contributed by atoms with Gasteiger partial charge >= 0.3 is 0 Å². The van der Waals surface area contributed by atoms with Gasteiger partial charge in [-0.25, -0.2) is 4.98 Å². The van der Waals surface area contributed by atoms with Gasteiger partial charge in [-0.3, -0.25) is 9.59 Å². The largest absolute Gasteiger partial charge is 0.493 e. The lowest BCUT2D eigenvalue weighted by molar-refractivity contribution is -0.127. The Balaban J connectivity index is 1.25. The molecule has 1 amide bonds. The number of amides is 1. The molecule has 1 aliphatic carbocycles. The third kappa shape index (κ3) is 4.49. The number of para-hydroxylation sites is 1. The Morgan fingerprint density at radius 2 is 1.91 bits per heavy atom. The zero-order valence-corrected chi connectivity index (χ0v) is 19.8. The first-order valence-electron chi connectivity index (χ1n) is 12.1. The first kappa shape index (κ1) is 22.4. The lowest BCUT2D eigenvalue weighted by atomic mass is 9.94. The van der Waals surface area contributed by atoms with Gasteiger partial charge in [0.05, 0.1) is 18.1 Å². The van der Waals surface area contributed by atoms with Crippen LogP contribution in [0.25, 0.3) is 5.69 Å². The fraction of sp³-hybridized carbons (Fsp3) is 0.393. The van der Waals surface area contributed by atoms with Crippen LogP contribution in [0.3, 0.4) is 0 Å². The van der Waals surface area contributed by atoms with Crippen molar-refractivity contribution in [1.29, 1.82) is 0 Å². The highest BCUT2D eigenvalue weighted by atomic mass is 16.5. The molecular weight excluding hydrogens is 426 g/mol. The van der Waals surface area contributed by atoms with E-state index in [9.17, 15) is 9.59 Å². The maximum atomic E-state index is 13.4. The number of aromatic nitrogens is 2. The zero-order valence-electron chi connectivity index (χ0n) is 19.8. The summed E-state index contributed by atoms with van der Waals surface area (Å²) in [7, 11) is 0. The lowest BCUT2D eigenvalue weighted by Crippen LogP contribution is -2.37. The van der Waals surface area contributed by atoms with Crippen LogP contribution < -0.4 is 10.1 Å². The maximum Gasteiger partial charge on any atom is 0.227 e. The van der Waals surface area contributed by atoms with E-state index in [1.165, 1.54) is 5.56 Å². The van der Waals surface area contributed by atoms with Gasteiger partial charge in [0.2, 0.25) is 5.91 Å². The molecule has 2 aromatic carbocycles. The molecule has 1 aromatic heterocycles. The Hall–Kier alpha value is -3.41. The Kier molecular flexibility index (Phi) is 5.98. The molecule has 6 nitrogen and oxygen atoms in total. The summed E-state index contributed by atoms with van der Waals surface area (Å²) in [6.07, 6.45) is 7.07. The van der Waals surface area contributed by atoms with E-state index in [0.717, 1.165) is 42.9 Å². The molecule has 0 saturated heterocycles. The lowest BCUT2D eigenvalue weighted by Gasteiger charge is -2.21. The summed E-state index contributed by atoms with van der Waals surface area (Å²) in [6.45, 7) is 4.83. The van der Waals surface area contributed by atoms with Gasteiger partial charge in [0, 0.05) is 30.1 Å². The van der Waals surface area contributed by atoms with Crippen molar-refractivity contribution in [3.05, 3.63) is 77.9 Å². The highest BCUT2D eigenvalue weighted by molar-refractivity contribution is 6.00. The highest BCUT2D eigenvalue weighted by Crippen LogP contribution is 2.50. The summed E-state index contributed by atoms with van der Waals surface area (Å²) in [5, 5.41) is 3.24. The number of aryl methyl sites for hydroxylation is 1. The summed E-state index contributed by atoms with van der Waals surface area (Å²) >= 11 is 0. The van der Waals surface area contributed by atoms with Gasteiger partial charge in [0.1, 0.15) is 11.6 Å². The number of carbonyl (C=O) groups excluding carboxylic acids is 2. The standard InChI is InChI=1S/C28H31N3O3/c1-19(2)18-34-22-10-7-21(8-11-22)25(32)17-28(13-14-28)27(33)30-23-12-9-20-5-3-4-6-24(20)31-16-15-29-26(23)31/h3-8,10-11,15-16,19,23H,9,12-14,17-18H2,1-2H3,(H,30,33). The van der Waals surface area contributed by atoms with Crippen molar-refractivity contribution in [2.45, 2.75) is 52.0 Å². The minimum absolute atomic E-state index is 0.00201. The number of ether oxygens (including phenoxy) is 1. The number of rotatable bonds is 8. The van der Waals surface area contributed by atoms with Crippen LogP contribution in [0.15, 0.2) is 60.9 Å². The number of imidazole rings is 1. The average Bonchev–Trinajstić information content (AvgIpc) is 3.50. The summed E-state index contributed by atoms with van der Waals surface area (Å²) in [6, 6.07) is 15.4. The molecule has 5 rings (SSSR count). The van der Waals surface area contributed by atoms with Gasteiger partial charge < -0.3 is 14.6 Å². The van der Waals surface area contributed by atoms with Crippen molar-refractivity contribution in [2.75, 3.05) is 6.61 Å². The zero-order chi connectivity index (χ0) is 23.7. The van der Waals surface area contributed by atoms with Crippen molar-refractivity contribution in [3.63, 3.8) is 0 Å². The van der Waals surface area contributed by atoms with Crippen LogP contribution in [0.4, 0.5) is 0 Å². The number of Topliss-reactive ketones (excluding diaryl/α,β-unsaturated/α-hetero) is 1. The number of benzene rings is 2. The van der Waals surface area contributed by atoms with Crippen LogP contribution in [0.5, 0.6) is 5.75 Å². The SMILES string of the molecule is CC(C)COc1ccc(C(=O)CC2(C(=O)NC3CCc4ccccc4-n4ccnc43)CC2)cc1. The first-order valence-corrected chi connectivity index (χ1v) is 12.1. The Labute approximate surface area is 200 Å². The summed E-state index contributed by atoms with van der Waals surface area (Å²) in [5.41, 5.74) is 2.37. The number of fused-ring (bicyclic) bond motifs is 3. The molecule has 6 heteroatoms. The van der Waals surface area contributed by atoms with Crippen LogP contribution in [0, 0.1) is 11.3 Å². The number of carbonyl (C=O) groups is 2. The van der Waals surface area contributed by atoms with E-state index in [1.54, 1.807) is 18.3 Å². The first-order chi connectivity index (χ1) is 16.4. The fourth-order valence-corrected chi connectivity index (χ4v) is 4.66. The predicted molar refractivity (Wildman–Crippen MR) is 130 cm³/mol. The third-order valence-corrected chi connectivity index (χ3v) is 6.83. The van der Waals surface area contributed by atoms with Crippen LogP contribution >= 0.6 is 0 Å². The molecule has 2 aliphatic rings. The van der Waals surface area contributed by atoms with Crippen LogP contribution in [-0.2, 0) is 11.2 Å². The topological polar surface area (TPSA) is 73.2 Å². The van der Waals surface area contributed by atoms with Crippen molar-refractivity contribution < 1.29 is 14.3 Å². The van der Waals surface area contributed by atoms with Gasteiger partial charge in [-0.05, 0) is 67.5 Å². The molecule has 1 aliphatic heterocycles. The molecule has 3 aromatic rings. The second-order valence-corrected chi connectivity index (χ2v) is 9.96. The minimum Gasteiger partial charge on any atom is -0.493 e. The molecule has 0 spiro atoms. The molecular formula is C28H31N3O3. The van der Waals surface area contributed by atoms with Crippen LogP contribution in [0.2, 0.25) is 0 Å². The molecule has 1 atom stereocenters. The quantitative estimate of drug-likeness (QED) is 0.480. The van der Waals surface area contributed by atoms with Crippen LogP contribution in [0.1, 0.15) is 67.3 Å². The van der Waals surface area contributed by atoms with Crippen molar-refractivity contribution in [1.82, 2.24) is 14.9 Å². The monoisotopic (exact) mass is 457 g/mol. The number of ketones is 1.